The smallest absolute Gasteiger partial charge is 0.0634 e. The molecule has 2 aliphatic rings. The predicted molar refractivity (Wildman–Crippen MR) is 67.1 cm³/mol. The Balaban J connectivity index is 0.000000980. The van der Waals surface area contributed by atoms with E-state index in [1.807, 2.05) is 0 Å². The van der Waals surface area contributed by atoms with Gasteiger partial charge >= 0.3 is 0 Å². The Labute approximate surface area is 104 Å². The van der Waals surface area contributed by atoms with Crippen LogP contribution in [0.5, 0.6) is 0 Å². The Morgan fingerprint density at radius 1 is 1.07 bits per heavy atom. The van der Waals surface area contributed by atoms with Crippen molar-refractivity contribution in [1.29, 1.82) is 0 Å². The molecule has 1 aliphatic heterocycles. The molecule has 0 radical (unpaired) electrons. The van der Waals surface area contributed by atoms with Gasteiger partial charge in [-0.1, -0.05) is 12.8 Å². The number of hydrogen-bond donors (Lipinski definition) is 2. The molecule has 1 saturated carbocycles. The third kappa shape index (κ3) is 4.45. The molecule has 2 atom stereocenters. The van der Waals surface area contributed by atoms with Crippen LogP contribution in [0.4, 0.5) is 0 Å². The van der Waals surface area contributed by atoms with Crippen molar-refractivity contribution >= 4 is 24.8 Å². The van der Waals surface area contributed by atoms with Crippen LogP contribution in [0.25, 0.3) is 0 Å². The lowest BCUT2D eigenvalue weighted by Gasteiger charge is -2.31. The Hall–Kier alpha value is 0.460. The Kier molecular flexibility index (Phi) is 7.92. The van der Waals surface area contributed by atoms with Crippen LogP contribution in [-0.4, -0.2) is 31.3 Å². The predicted octanol–water partition coefficient (Wildman–Crippen LogP) is 1.48. The number of nitrogens with two attached hydrogens (primary N) is 1. The summed E-state index contributed by atoms with van der Waals surface area (Å²) < 4.78 is 5.42. The summed E-state index contributed by atoms with van der Waals surface area (Å²) in [7, 11) is 0. The Morgan fingerprint density at radius 3 is 2.33 bits per heavy atom. The van der Waals surface area contributed by atoms with Crippen molar-refractivity contribution in [3.63, 3.8) is 0 Å². The van der Waals surface area contributed by atoms with Crippen molar-refractivity contribution in [3.05, 3.63) is 0 Å². The molecule has 0 bridgehead atoms. The number of hydrogen-bond acceptors (Lipinski definition) is 3. The quantitative estimate of drug-likeness (QED) is 0.787. The fraction of sp³-hybridized carbons (Fsp3) is 1.00. The Morgan fingerprint density at radius 2 is 1.73 bits per heavy atom. The number of nitrogens with one attached hydrogen (secondary N) is 1. The van der Waals surface area contributed by atoms with Gasteiger partial charge in [0.25, 0.3) is 0 Å². The summed E-state index contributed by atoms with van der Waals surface area (Å²) in [5, 5.41) is 3.62. The van der Waals surface area contributed by atoms with Crippen molar-refractivity contribution in [2.24, 2.45) is 5.73 Å². The zero-order valence-corrected chi connectivity index (χ0v) is 10.6. The SMILES string of the molecule is Cl.Cl.NC1CCOCC1NC1CCCC1. The highest BCUT2D eigenvalue weighted by atomic mass is 35.5. The fourth-order valence-corrected chi connectivity index (χ4v) is 2.32. The van der Waals surface area contributed by atoms with Crippen molar-refractivity contribution in [1.82, 2.24) is 5.32 Å². The molecular weight excluding hydrogens is 235 g/mol. The molecule has 3 N–H and O–H groups in total. The summed E-state index contributed by atoms with van der Waals surface area (Å²) in [6.07, 6.45) is 6.40. The molecule has 1 heterocycles. The second kappa shape index (κ2) is 7.69. The van der Waals surface area contributed by atoms with E-state index in [9.17, 15) is 0 Å². The normalized spacial score (nSPS) is 31.8. The van der Waals surface area contributed by atoms with E-state index < -0.39 is 0 Å². The fourth-order valence-electron chi connectivity index (χ4n) is 2.32. The van der Waals surface area contributed by atoms with E-state index in [2.05, 4.69) is 5.32 Å². The standard InChI is InChI=1S/C10H20N2O.2ClH/c11-9-5-6-13-7-10(9)12-8-3-1-2-4-8;;/h8-10,12H,1-7,11H2;2*1H. The molecule has 0 spiro atoms. The molecule has 2 rings (SSSR count). The molecule has 2 unspecified atom stereocenters. The first-order valence-corrected chi connectivity index (χ1v) is 5.45. The van der Waals surface area contributed by atoms with E-state index in [1.54, 1.807) is 0 Å². The van der Waals surface area contributed by atoms with Gasteiger partial charge in [0.15, 0.2) is 0 Å². The van der Waals surface area contributed by atoms with Crippen molar-refractivity contribution in [3.8, 4) is 0 Å². The van der Waals surface area contributed by atoms with Gasteiger partial charge in [-0.15, -0.1) is 24.8 Å². The van der Waals surface area contributed by atoms with Gasteiger partial charge in [-0.25, -0.2) is 0 Å². The summed E-state index contributed by atoms with van der Waals surface area (Å²) in [5.41, 5.74) is 6.01. The third-order valence-corrected chi connectivity index (χ3v) is 3.21. The molecule has 1 saturated heterocycles. The van der Waals surface area contributed by atoms with E-state index in [-0.39, 0.29) is 24.8 Å². The van der Waals surface area contributed by atoms with Gasteiger partial charge in [-0.2, -0.15) is 0 Å². The van der Waals surface area contributed by atoms with Gasteiger partial charge in [0.05, 0.1) is 6.61 Å². The first-order valence-electron chi connectivity index (χ1n) is 5.45. The topological polar surface area (TPSA) is 47.3 Å². The molecule has 15 heavy (non-hydrogen) atoms. The monoisotopic (exact) mass is 256 g/mol. The van der Waals surface area contributed by atoms with E-state index in [4.69, 9.17) is 10.5 Å². The zero-order chi connectivity index (χ0) is 9.10. The van der Waals surface area contributed by atoms with Crippen LogP contribution < -0.4 is 11.1 Å². The van der Waals surface area contributed by atoms with Crippen LogP contribution in [0.1, 0.15) is 32.1 Å². The van der Waals surface area contributed by atoms with E-state index in [1.165, 1.54) is 25.7 Å². The minimum absolute atomic E-state index is 0. The van der Waals surface area contributed by atoms with Crippen LogP contribution in [0.15, 0.2) is 0 Å². The summed E-state index contributed by atoms with van der Waals surface area (Å²) >= 11 is 0. The van der Waals surface area contributed by atoms with Crippen LogP contribution >= 0.6 is 24.8 Å². The molecule has 0 aromatic carbocycles. The van der Waals surface area contributed by atoms with Gasteiger partial charge in [-0.3, -0.25) is 0 Å². The molecule has 2 fully saturated rings. The van der Waals surface area contributed by atoms with Crippen molar-refractivity contribution < 1.29 is 4.74 Å². The van der Waals surface area contributed by atoms with Crippen molar-refractivity contribution in [2.75, 3.05) is 13.2 Å². The van der Waals surface area contributed by atoms with Crippen LogP contribution in [-0.2, 0) is 4.74 Å². The molecule has 0 aromatic heterocycles. The lowest BCUT2D eigenvalue weighted by atomic mass is 10.0. The van der Waals surface area contributed by atoms with Gasteiger partial charge in [0.2, 0.25) is 0 Å². The first kappa shape index (κ1) is 15.5. The van der Waals surface area contributed by atoms with Gasteiger partial charge in [-0.05, 0) is 19.3 Å². The van der Waals surface area contributed by atoms with Gasteiger partial charge in [0.1, 0.15) is 0 Å². The third-order valence-electron chi connectivity index (χ3n) is 3.21. The minimum Gasteiger partial charge on any atom is -0.380 e. The largest absolute Gasteiger partial charge is 0.380 e. The molecule has 5 heteroatoms. The van der Waals surface area contributed by atoms with Gasteiger partial charge in [0, 0.05) is 24.7 Å². The van der Waals surface area contributed by atoms with Crippen molar-refractivity contribution in [2.45, 2.75) is 50.2 Å². The lowest BCUT2D eigenvalue weighted by Crippen LogP contribution is -2.54. The average Bonchev–Trinajstić information content (AvgIpc) is 2.61. The maximum Gasteiger partial charge on any atom is 0.0634 e. The van der Waals surface area contributed by atoms with Crippen LogP contribution in [0, 0.1) is 0 Å². The molecule has 92 valence electrons. The summed E-state index contributed by atoms with van der Waals surface area (Å²) in [4.78, 5) is 0. The highest BCUT2D eigenvalue weighted by molar-refractivity contribution is 5.85. The summed E-state index contributed by atoms with van der Waals surface area (Å²) in [5.74, 6) is 0. The van der Waals surface area contributed by atoms with Crippen LogP contribution in [0.3, 0.4) is 0 Å². The molecule has 0 aromatic rings. The second-order valence-corrected chi connectivity index (χ2v) is 4.28. The lowest BCUT2D eigenvalue weighted by molar-refractivity contribution is 0.0549. The molecular formula is C10H22Cl2N2O. The minimum atomic E-state index is 0. The van der Waals surface area contributed by atoms with Crippen LogP contribution in [0.2, 0.25) is 0 Å². The molecule has 0 amide bonds. The molecule has 3 nitrogen and oxygen atoms in total. The zero-order valence-electron chi connectivity index (χ0n) is 8.98. The first-order chi connectivity index (χ1) is 6.36. The van der Waals surface area contributed by atoms with Gasteiger partial charge < -0.3 is 15.8 Å². The number of ether oxygens (including phenoxy) is 1. The summed E-state index contributed by atoms with van der Waals surface area (Å²) in [6, 6.07) is 1.41. The average molecular weight is 257 g/mol. The maximum atomic E-state index is 6.01. The number of halogens is 2. The number of rotatable bonds is 2. The van der Waals surface area contributed by atoms with E-state index >= 15 is 0 Å². The highest BCUT2D eigenvalue weighted by Gasteiger charge is 2.25. The Bertz CT molecular complexity index is 166. The second-order valence-electron chi connectivity index (χ2n) is 4.28. The summed E-state index contributed by atoms with van der Waals surface area (Å²) in [6.45, 7) is 1.64. The maximum absolute atomic E-state index is 6.01. The van der Waals surface area contributed by atoms with E-state index in [0.29, 0.717) is 18.1 Å². The highest BCUT2D eigenvalue weighted by Crippen LogP contribution is 2.19. The van der Waals surface area contributed by atoms with E-state index in [0.717, 1.165) is 19.6 Å². The molecule has 1 aliphatic carbocycles.